The Kier molecular flexibility index (Phi) is 10.1. The van der Waals surface area contributed by atoms with Crippen LogP contribution in [-0.4, -0.2) is 19.4 Å². The van der Waals surface area contributed by atoms with E-state index in [0.29, 0.717) is 12.5 Å². The summed E-state index contributed by atoms with van der Waals surface area (Å²) in [6.07, 6.45) is 5.89. The Hall–Kier alpha value is -1.29. The van der Waals surface area contributed by atoms with Crippen molar-refractivity contribution in [2.75, 3.05) is 13.2 Å². The molecule has 0 fully saturated rings. The van der Waals surface area contributed by atoms with Gasteiger partial charge in [-0.1, -0.05) is 24.6 Å². The van der Waals surface area contributed by atoms with Gasteiger partial charge in [0.2, 0.25) is 0 Å². The van der Waals surface area contributed by atoms with E-state index >= 15 is 0 Å². The molecule has 1 unspecified atom stereocenters. The van der Waals surface area contributed by atoms with Crippen molar-refractivity contribution in [1.82, 2.24) is 0 Å². The standard InChI is InChI=1S/C14H24O4/c1-5-10-17-18-14(15)16-11-9-13(4)8-6-7-12(2)3/h5,7,13H,1,6,8-11H2,2-4H3. The van der Waals surface area contributed by atoms with E-state index in [4.69, 9.17) is 4.74 Å². The molecule has 0 aromatic carbocycles. The predicted octanol–water partition coefficient (Wildman–Crippen LogP) is 4.03. The molecule has 0 N–H and O–H groups in total. The average Bonchev–Trinajstić information content (AvgIpc) is 2.29. The molecule has 18 heavy (non-hydrogen) atoms. The molecule has 0 rings (SSSR count). The first-order valence-corrected chi connectivity index (χ1v) is 6.26. The number of rotatable bonds is 9. The Bertz CT molecular complexity index is 267. The highest BCUT2D eigenvalue weighted by molar-refractivity contribution is 5.58. The molecule has 0 aliphatic rings. The van der Waals surface area contributed by atoms with Crippen LogP contribution in [0.4, 0.5) is 4.79 Å². The molecule has 4 heteroatoms. The van der Waals surface area contributed by atoms with Gasteiger partial charge in [-0.15, -0.1) is 6.58 Å². The number of carbonyl (C=O) groups excluding carboxylic acids is 1. The Labute approximate surface area is 110 Å². The summed E-state index contributed by atoms with van der Waals surface area (Å²) in [6.45, 7) is 10.3. The van der Waals surface area contributed by atoms with Crippen LogP contribution in [0.2, 0.25) is 0 Å². The SMILES string of the molecule is C=CCOOC(=O)OCCC(C)CCC=C(C)C. The zero-order valence-corrected chi connectivity index (χ0v) is 11.6. The molecule has 1 atom stereocenters. The van der Waals surface area contributed by atoms with Crippen molar-refractivity contribution in [3.63, 3.8) is 0 Å². The highest BCUT2D eigenvalue weighted by atomic mass is 17.2. The molecule has 0 heterocycles. The lowest BCUT2D eigenvalue weighted by atomic mass is 10.0. The van der Waals surface area contributed by atoms with Gasteiger partial charge in [0.1, 0.15) is 6.61 Å². The molecule has 0 aliphatic heterocycles. The summed E-state index contributed by atoms with van der Waals surface area (Å²) in [4.78, 5) is 19.8. The quantitative estimate of drug-likeness (QED) is 0.205. The average molecular weight is 256 g/mol. The van der Waals surface area contributed by atoms with Gasteiger partial charge < -0.3 is 4.74 Å². The molecule has 0 aromatic heterocycles. The van der Waals surface area contributed by atoms with Gasteiger partial charge in [-0.05, 0) is 39.0 Å². The van der Waals surface area contributed by atoms with Crippen molar-refractivity contribution in [2.45, 2.75) is 40.0 Å². The summed E-state index contributed by atoms with van der Waals surface area (Å²) in [5, 5.41) is 0. The van der Waals surface area contributed by atoms with E-state index in [0.717, 1.165) is 19.3 Å². The topological polar surface area (TPSA) is 44.8 Å². The highest BCUT2D eigenvalue weighted by Gasteiger charge is 2.07. The van der Waals surface area contributed by atoms with Crippen molar-refractivity contribution in [2.24, 2.45) is 5.92 Å². The maximum absolute atomic E-state index is 11.0. The van der Waals surface area contributed by atoms with Crippen LogP contribution in [0.5, 0.6) is 0 Å². The lowest BCUT2D eigenvalue weighted by Gasteiger charge is -2.10. The number of carbonyl (C=O) groups is 1. The minimum atomic E-state index is -0.798. The minimum absolute atomic E-state index is 0.161. The molecule has 0 bridgehead atoms. The van der Waals surface area contributed by atoms with E-state index in [9.17, 15) is 4.79 Å². The van der Waals surface area contributed by atoms with E-state index in [2.05, 4.69) is 43.2 Å². The second kappa shape index (κ2) is 10.8. The molecule has 0 saturated carbocycles. The van der Waals surface area contributed by atoms with E-state index in [1.807, 2.05) is 0 Å². The summed E-state index contributed by atoms with van der Waals surface area (Å²) in [7, 11) is 0. The summed E-state index contributed by atoms with van der Waals surface area (Å²) < 4.78 is 4.85. The van der Waals surface area contributed by atoms with Gasteiger partial charge in [-0.3, -0.25) is 4.89 Å². The number of allylic oxidation sites excluding steroid dienone is 2. The summed E-state index contributed by atoms with van der Waals surface area (Å²) in [6, 6.07) is 0. The first-order valence-electron chi connectivity index (χ1n) is 6.26. The van der Waals surface area contributed by atoms with Crippen molar-refractivity contribution in [3.05, 3.63) is 24.3 Å². The zero-order valence-electron chi connectivity index (χ0n) is 11.6. The molecule has 0 saturated heterocycles. The van der Waals surface area contributed by atoms with Crippen molar-refractivity contribution in [1.29, 1.82) is 0 Å². The fourth-order valence-electron chi connectivity index (χ4n) is 1.30. The Balaban J connectivity index is 3.49. The van der Waals surface area contributed by atoms with Crippen LogP contribution in [0.1, 0.15) is 40.0 Å². The smallest absolute Gasteiger partial charge is 0.432 e. The maximum Gasteiger partial charge on any atom is 0.540 e. The third-order valence-corrected chi connectivity index (χ3v) is 2.36. The first-order chi connectivity index (χ1) is 8.56. The van der Waals surface area contributed by atoms with Gasteiger partial charge >= 0.3 is 6.16 Å². The number of ether oxygens (including phenoxy) is 1. The first kappa shape index (κ1) is 16.7. The van der Waals surface area contributed by atoms with Gasteiger partial charge in [0, 0.05) is 0 Å². The third-order valence-electron chi connectivity index (χ3n) is 2.36. The second-order valence-electron chi connectivity index (χ2n) is 4.51. The number of hydrogen-bond donors (Lipinski definition) is 0. The van der Waals surface area contributed by atoms with Gasteiger partial charge in [0.15, 0.2) is 0 Å². The lowest BCUT2D eigenvalue weighted by Crippen LogP contribution is -2.11. The molecular formula is C14H24O4. The van der Waals surface area contributed by atoms with Crippen LogP contribution in [0.15, 0.2) is 24.3 Å². The lowest BCUT2D eigenvalue weighted by molar-refractivity contribution is -0.246. The summed E-state index contributed by atoms with van der Waals surface area (Å²) in [5.74, 6) is 0.516. The minimum Gasteiger partial charge on any atom is -0.432 e. The fraction of sp³-hybridized carbons (Fsp3) is 0.643. The molecule has 104 valence electrons. The van der Waals surface area contributed by atoms with E-state index in [-0.39, 0.29) is 6.61 Å². The monoisotopic (exact) mass is 256 g/mol. The fourth-order valence-corrected chi connectivity index (χ4v) is 1.30. The Morgan fingerprint density at radius 3 is 2.67 bits per heavy atom. The van der Waals surface area contributed by atoms with Crippen molar-refractivity contribution < 1.29 is 19.3 Å². The van der Waals surface area contributed by atoms with Gasteiger partial charge in [-0.2, -0.15) is 4.89 Å². The molecule has 0 radical (unpaired) electrons. The van der Waals surface area contributed by atoms with Crippen LogP contribution in [0.3, 0.4) is 0 Å². The Morgan fingerprint density at radius 2 is 2.06 bits per heavy atom. The predicted molar refractivity (Wildman–Crippen MR) is 71.0 cm³/mol. The molecule has 0 aromatic rings. The van der Waals surface area contributed by atoms with E-state index in [1.165, 1.54) is 11.6 Å². The molecule has 0 amide bonds. The van der Waals surface area contributed by atoms with Crippen molar-refractivity contribution >= 4 is 6.16 Å². The number of hydrogen-bond acceptors (Lipinski definition) is 4. The van der Waals surface area contributed by atoms with E-state index in [1.54, 1.807) is 0 Å². The van der Waals surface area contributed by atoms with Crippen LogP contribution >= 0.6 is 0 Å². The van der Waals surface area contributed by atoms with E-state index < -0.39 is 6.16 Å². The zero-order chi connectivity index (χ0) is 13.8. The third kappa shape index (κ3) is 11.2. The van der Waals surface area contributed by atoms with Crippen LogP contribution in [-0.2, 0) is 14.5 Å². The maximum atomic E-state index is 11.0. The molecular weight excluding hydrogens is 232 g/mol. The summed E-state index contributed by atoms with van der Waals surface area (Å²) in [5.41, 5.74) is 1.33. The van der Waals surface area contributed by atoms with Crippen LogP contribution < -0.4 is 0 Å². The summed E-state index contributed by atoms with van der Waals surface area (Å²) >= 11 is 0. The highest BCUT2D eigenvalue weighted by Crippen LogP contribution is 2.11. The molecule has 0 spiro atoms. The van der Waals surface area contributed by atoms with Crippen molar-refractivity contribution in [3.8, 4) is 0 Å². The largest absolute Gasteiger partial charge is 0.540 e. The molecule has 4 nitrogen and oxygen atoms in total. The Morgan fingerprint density at radius 1 is 1.33 bits per heavy atom. The van der Waals surface area contributed by atoms with Gasteiger partial charge in [-0.25, -0.2) is 4.79 Å². The van der Waals surface area contributed by atoms with Crippen LogP contribution in [0, 0.1) is 5.92 Å². The second-order valence-corrected chi connectivity index (χ2v) is 4.51. The normalized spacial score (nSPS) is 11.5. The van der Waals surface area contributed by atoms with Gasteiger partial charge in [0.05, 0.1) is 6.61 Å². The van der Waals surface area contributed by atoms with Crippen LogP contribution in [0.25, 0.3) is 0 Å². The van der Waals surface area contributed by atoms with Gasteiger partial charge in [0.25, 0.3) is 0 Å². The molecule has 0 aliphatic carbocycles.